The van der Waals surface area contributed by atoms with Crippen molar-refractivity contribution in [3.63, 3.8) is 0 Å². The Labute approximate surface area is 160 Å². The van der Waals surface area contributed by atoms with Gasteiger partial charge in [0, 0.05) is 38.7 Å². The predicted octanol–water partition coefficient (Wildman–Crippen LogP) is 2.38. The highest BCUT2D eigenvalue weighted by molar-refractivity contribution is 14.0. The van der Waals surface area contributed by atoms with Crippen molar-refractivity contribution in [2.45, 2.75) is 26.4 Å². The molecule has 7 heteroatoms. The SMILES string of the molecule is CCOCCCNC(N)=NCc1nccn1Cc1ccccc1.I. The molecular formula is C17H26IN5O. The third kappa shape index (κ3) is 7.31. The Morgan fingerprint density at radius 2 is 2.12 bits per heavy atom. The summed E-state index contributed by atoms with van der Waals surface area (Å²) < 4.78 is 7.36. The summed E-state index contributed by atoms with van der Waals surface area (Å²) in [5.41, 5.74) is 7.10. The molecule has 1 aromatic heterocycles. The number of rotatable bonds is 9. The van der Waals surface area contributed by atoms with Crippen molar-refractivity contribution >= 4 is 29.9 Å². The molecule has 0 atom stereocenters. The van der Waals surface area contributed by atoms with Gasteiger partial charge in [-0.2, -0.15) is 0 Å². The van der Waals surface area contributed by atoms with Crippen LogP contribution in [0.15, 0.2) is 47.7 Å². The molecule has 6 nitrogen and oxygen atoms in total. The first-order valence-electron chi connectivity index (χ1n) is 7.95. The Balaban J connectivity index is 0.00000288. The van der Waals surface area contributed by atoms with Crippen molar-refractivity contribution in [2.24, 2.45) is 10.7 Å². The zero-order valence-electron chi connectivity index (χ0n) is 14.0. The number of ether oxygens (including phenoxy) is 1. The summed E-state index contributed by atoms with van der Waals surface area (Å²) in [6.45, 7) is 5.47. The van der Waals surface area contributed by atoms with Crippen molar-refractivity contribution in [3.8, 4) is 0 Å². The number of hydrogen-bond acceptors (Lipinski definition) is 3. The molecule has 0 aliphatic carbocycles. The molecule has 24 heavy (non-hydrogen) atoms. The van der Waals surface area contributed by atoms with Gasteiger partial charge in [-0.15, -0.1) is 24.0 Å². The van der Waals surface area contributed by atoms with Crippen LogP contribution >= 0.6 is 24.0 Å². The second-order valence-corrected chi connectivity index (χ2v) is 5.14. The zero-order chi connectivity index (χ0) is 16.3. The van der Waals surface area contributed by atoms with Gasteiger partial charge in [0.15, 0.2) is 5.96 Å². The van der Waals surface area contributed by atoms with E-state index in [2.05, 4.69) is 32.0 Å². The lowest BCUT2D eigenvalue weighted by Crippen LogP contribution is -2.33. The lowest BCUT2D eigenvalue weighted by atomic mass is 10.2. The quantitative estimate of drug-likeness (QED) is 0.270. The first kappa shape index (κ1) is 20.4. The highest BCUT2D eigenvalue weighted by Crippen LogP contribution is 2.06. The van der Waals surface area contributed by atoms with E-state index in [4.69, 9.17) is 10.5 Å². The summed E-state index contributed by atoms with van der Waals surface area (Å²) in [5, 5.41) is 3.08. The Hall–Kier alpha value is -1.61. The van der Waals surface area contributed by atoms with Gasteiger partial charge < -0.3 is 20.4 Å². The van der Waals surface area contributed by atoms with Crippen LogP contribution in [-0.2, 0) is 17.8 Å². The number of halogens is 1. The third-order valence-electron chi connectivity index (χ3n) is 3.36. The molecule has 2 aromatic rings. The smallest absolute Gasteiger partial charge is 0.189 e. The normalized spacial score (nSPS) is 11.1. The molecule has 0 fully saturated rings. The number of benzene rings is 1. The molecule has 0 spiro atoms. The Bertz CT molecular complexity index is 600. The van der Waals surface area contributed by atoms with Crippen molar-refractivity contribution in [2.75, 3.05) is 19.8 Å². The second-order valence-electron chi connectivity index (χ2n) is 5.14. The molecule has 0 saturated carbocycles. The van der Waals surface area contributed by atoms with Crippen LogP contribution < -0.4 is 11.1 Å². The van der Waals surface area contributed by atoms with Gasteiger partial charge in [-0.25, -0.2) is 9.98 Å². The molecule has 0 saturated heterocycles. The maximum absolute atomic E-state index is 5.87. The number of aliphatic imine (C=N–C) groups is 1. The average molecular weight is 443 g/mol. The zero-order valence-corrected chi connectivity index (χ0v) is 16.3. The molecule has 1 aromatic carbocycles. The fourth-order valence-corrected chi connectivity index (χ4v) is 2.16. The van der Waals surface area contributed by atoms with Gasteiger partial charge >= 0.3 is 0 Å². The first-order chi connectivity index (χ1) is 11.3. The van der Waals surface area contributed by atoms with Crippen molar-refractivity contribution in [3.05, 3.63) is 54.1 Å². The monoisotopic (exact) mass is 443 g/mol. The summed E-state index contributed by atoms with van der Waals surface area (Å²) in [6.07, 6.45) is 4.66. The van der Waals surface area contributed by atoms with Crippen LogP contribution in [0.25, 0.3) is 0 Å². The molecule has 0 aliphatic rings. The lowest BCUT2D eigenvalue weighted by Gasteiger charge is -2.08. The average Bonchev–Trinajstić information content (AvgIpc) is 3.01. The van der Waals surface area contributed by atoms with Crippen molar-refractivity contribution < 1.29 is 4.74 Å². The lowest BCUT2D eigenvalue weighted by molar-refractivity contribution is 0.145. The number of nitrogens with two attached hydrogens (primary N) is 1. The van der Waals surface area contributed by atoms with Crippen LogP contribution in [-0.4, -0.2) is 35.3 Å². The van der Waals surface area contributed by atoms with E-state index in [-0.39, 0.29) is 24.0 Å². The van der Waals surface area contributed by atoms with E-state index in [0.29, 0.717) is 12.5 Å². The topological polar surface area (TPSA) is 77.5 Å². The van der Waals surface area contributed by atoms with E-state index in [0.717, 1.165) is 38.5 Å². The highest BCUT2D eigenvalue weighted by atomic mass is 127. The van der Waals surface area contributed by atoms with Crippen molar-refractivity contribution in [1.29, 1.82) is 0 Å². The summed E-state index contributed by atoms with van der Waals surface area (Å²) in [7, 11) is 0. The van der Waals surface area contributed by atoms with E-state index in [9.17, 15) is 0 Å². The Morgan fingerprint density at radius 1 is 1.33 bits per heavy atom. The first-order valence-corrected chi connectivity index (χ1v) is 7.95. The van der Waals surface area contributed by atoms with Gasteiger partial charge in [0.1, 0.15) is 12.4 Å². The maximum atomic E-state index is 5.87. The number of imidazole rings is 1. The molecule has 0 radical (unpaired) electrons. The van der Waals surface area contributed by atoms with Crippen LogP contribution in [0.2, 0.25) is 0 Å². The second kappa shape index (κ2) is 11.9. The number of nitrogens with zero attached hydrogens (tertiary/aromatic N) is 3. The van der Waals surface area contributed by atoms with Crippen LogP contribution in [0.1, 0.15) is 24.7 Å². The van der Waals surface area contributed by atoms with Gasteiger partial charge in [-0.3, -0.25) is 0 Å². The van der Waals surface area contributed by atoms with E-state index in [1.165, 1.54) is 5.56 Å². The summed E-state index contributed by atoms with van der Waals surface area (Å²) in [5.74, 6) is 1.34. The van der Waals surface area contributed by atoms with Gasteiger partial charge in [-0.1, -0.05) is 30.3 Å². The molecular weight excluding hydrogens is 417 g/mol. The van der Waals surface area contributed by atoms with Crippen LogP contribution in [0.4, 0.5) is 0 Å². The predicted molar refractivity (Wildman–Crippen MR) is 108 cm³/mol. The van der Waals surface area contributed by atoms with E-state index >= 15 is 0 Å². The number of nitrogens with one attached hydrogen (secondary N) is 1. The summed E-state index contributed by atoms with van der Waals surface area (Å²) >= 11 is 0. The van der Waals surface area contributed by atoms with Gasteiger partial charge in [0.25, 0.3) is 0 Å². The van der Waals surface area contributed by atoms with Gasteiger partial charge in [0.2, 0.25) is 0 Å². The minimum absolute atomic E-state index is 0. The summed E-state index contributed by atoms with van der Waals surface area (Å²) in [6, 6.07) is 10.3. The minimum atomic E-state index is 0. The van der Waals surface area contributed by atoms with Crippen LogP contribution in [0, 0.1) is 0 Å². The molecule has 0 unspecified atom stereocenters. The number of aromatic nitrogens is 2. The van der Waals surface area contributed by atoms with E-state index in [1.807, 2.05) is 31.3 Å². The standard InChI is InChI=1S/C17H25N5O.HI/c1-2-23-12-6-9-20-17(18)21-13-16-19-10-11-22(16)14-15-7-4-3-5-8-15;/h3-5,7-8,10-11H,2,6,9,12-14H2,1H3,(H3,18,20,21);1H. The maximum Gasteiger partial charge on any atom is 0.189 e. The molecule has 2 rings (SSSR count). The third-order valence-corrected chi connectivity index (χ3v) is 3.36. The number of guanidine groups is 1. The largest absolute Gasteiger partial charge is 0.382 e. The molecule has 0 bridgehead atoms. The van der Waals surface area contributed by atoms with Crippen LogP contribution in [0.3, 0.4) is 0 Å². The fraction of sp³-hybridized carbons (Fsp3) is 0.412. The van der Waals surface area contributed by atoms with Crippen LogP contribution in [0.5, 0.6) is 0 Å². The molecule has 1 heterocycles. The molecule has 132 valence electrons. The minimum Gasteiger partial charge on any atom is -0.382 e. The molecule has 0 aliphatic heterocycles. The van der Waals surface area contributed by atoms with Gasteiger partial charge in [0.05, 0.1) is 0 Å². The Kier molecular flexibility index (Phi) is 10.1. The van der Waals surface area contributed by atoms with E-state index < -0.39 is 0 Å². The fourth-order valence-electron chi connectivity index (χ4n) is 2.16. The molecule has 3 N–H and O–H groups in total. The summed E-state index contributed by atoms with van der Waals surface area (Å²) in [4.78, 5) is 8.70. The van der Waals surface area contributed by atoms with Crippen molar-refractivity contribution in [1.82, 2.24) is 14.9 Å². The van der Waals surface area contributed by atoms with E-state index in [1.54, 1.807) is 6.20 Å². The Morgan fingerprint density at radius 3 is 2.88 bits per heavy atom. The number of hydrogen-bond donors (Lipinski definition) is 2. The van der Waals surface area contributed by atoms with Gasteiger partial charge in [-0.05, 0) is 18.9 Å². The highest BCUT2D eigenvalue weighted by Gasteiger charge is 2.03. The molecule has 0 amide bonds.